The molecule has 0 aromatic rings. The molecular formula is C75H142O17P2. The molecule has 0 aromatic heterocycles. The third-order valence-electron chi connectivity index (χ3n) is 17.1. The van der Waals surface area contributed by atoms with Crippen molar-refractivity contribution in [1.82, 2.24) is 0 Å². The molecule has 0 spiro atoms. The van der Waals surface area contributed by atoms with Crippen molar-refractivity contribution >= 4 is 39.5 Å². The molecule has 0 aliphatic rings. The lowest BCUT2D eigenvalue weighted by Crippen LogP contribution is -2.30. The van der Waals surface area contributed by atoms with E-state index in [1.165, 1.54) is 148 Å². The molecule has 19 heteroatoms. The minimum Gasteiger partial charge on any atom is -0.462 e. The Morgan fingerprint density at radius 3 is 0.947 bits per heavy atom. The number of esters is 4. The molecule has 17 nitrogen and oxygen atoms in total. The second-order valence-electron chi connectivity index (χ2n) is 27.5. The van der Waals surface area contributed by atoms with Crippen LogP contribution in [0.5, 0.6) is 0 Å². The van der Waals surface area contributed by atoms with E-state index in [4.69, 9.17) is 37.0 Å². The molecule has 0 aliphatic carbocycles. The summed E-state index contributed by atoms with van der Waals surface area (Å²) in [6, 6.07) is 0. The lowest BCUT2D eigenvalue weighted by molar-refractivity contribution is -0.161. The van der Waals surface area contributed by atoms with Crippen LogP contribution in [0.4, 0.5) is 0 Å². The number of hydrogen-bond acceptors (Lipinski definition) is 15. The van der Waals surface area contributed by atoms with Crippen molar-refractivity contribution in [3.05, 3.63) is 24.3 Å². The van der Waals surface area contributed by atoms with Gasteiger partial charge in [0.1, 0.15) is 19.3 Å². The number of aliphatic hydroxyl groups is 1. The third-order valence-corrected chi connectivity index (χ3v) is 19.0. The molecule has 0 amide bonds. The van der Waals surface area contributed by atoms with Crippen molar-refractivity contribution in [1.29, 1.82) is 0 Å². The number of hydrogen-bond donors (Lipinski definition) is 3. The topological polar surface area (TPSA) is 237 Å². The Kier molecular flexibility index (Phi) is 63.5. The average Bonchev–Trinajstić information content (AvgIpc) is 1.55. The summed E-state index contributed by atoms with van der Waals surface area (Å²) in [4.78, 5) is 72.7. The third kappa shape index (κ3) is 66.8. The lowest BCUT2D eigenvalue weighted by atomic mass is 10.00. The van der Waals surface area contributed by atoms with E-state index in [1.807, 2.05) is 0 Å². The van der Waals surface area contributed by atoms with Crippen LogP contribution in [0.15, 0.2) is 24.3 Å². The van der Waals surface area contributed by atoms with Crippen LogP contribution in [-0.2, 0) is 65.4 Å². The van der Waals surface area contributed by atoms with Gasteiger partial charge in [0.05, 0.1) is 26.4 Å². The first kappa shape index (κ1) is 91.5. The highest BCUT2D eigenvalue weighted by atomic mass is 31.2. The molecule has 0 saturated heterocycles. The highest BCUT2D eigenvalue weighted by Gasteiger charge is 2.30. The number of phosphoric acid groups is 2. The monoisotopic (exact) mass is 1380 g/mol. The van der Waals surface area contributed by atoms with Crippen molar-refractivity contribution in [2.24, 2.45) is 17.8 Å². The van der Waals surface area contributed by atoms with E-state index in [2.05, 4.69) is 72.8 Å². The zero-order chi connectivity index (χ0) is 69.4. The van der Waals surface area contributed by atoms with E-state index in [-0.39, 0.29) is 25.7 Å². The van der Waals surface area contributed by atoms with Crippen LogP contribution in [0.25, 0.3) is 0 Å². The van der Waals surface area contributed by atoms with Gasteiger partial charge < -0.3 is 33.8 Å². The van der Waals surface area contributed by atoms with Gasteiger partial charge in [0.25, 0.3) is 0 Å². The predicted octanol–water partition coefficient (Wildman–Crippen LogP) is 21.3. The average molecular weight is 1380 g/mol. The first-order chi connectivity index (χ1) is 45.3. The Bertz CT molecular complexity index is 1930. The molecule has 6 atom stereocenters. The van der Waals surface area contributed by atoms with Gasteiger partial charge in [-0.2, -0.15) is 0 Å². The van der Waals surface area contributed by atoms with Gasteiger partial charge in [-0.05, 0) is 69.1 Å². The van der Waals surface area contributed by atoms with Crippen LogP contribution in [0.3, 0.4) is 0 Å². The number of aliphatic hydroxyl groups excluding tert-OH is 1. The molecule has 3 N–H and O–H groups in total. The highest BCUT2D eigenvalue weighted by Crippen LogP contribution is 2.45. The zero-order valence-corrected chi connectivity index (χ0v) is 62.7. The Morgan fingerprint density at radius 2 is 0.628 bits per heavy atom. The fourth-order valence-corrected chi connectivity index (χ4v) is 12.4. The Labute approximate surface area is 573 Å². The number of carbonyl (C=O) groups excluding carboxylic acids is 4. The van der Waals surface area contributed by atoms with Crippen LogP contribution < -0.4 is 0 Å². The van der Waals surface area contributed by atoms with Crippen molar-refractivity contribution < 1.29 is 80.2 Å². The van der Waals surface area contributed by atoms with Crippen LogP contribution in [0.2, 0.25) is 0 Å². The maximum absolute atomic E-state index is 13.1. The molecule has 0 heterocycles. The first-order valence-electron chi connectivity index (χ1n) is 38.2. The van der Waals surface area contributed by atoms with Crippen LogP contribution in [0.1, 0.15) is 357 Å². The van der Waals surface area contributed by atoms with Gasteiger partial charge in [0.2, 0.25) is 0 Å². The number of allylic oxidation sites excluding steroid dienone is 4. The molecule has 0 radical (unpaired) electrons. The number of carbonyl (C=O) groups is 4. The molecule has 0 rings (SSSR count). The van der Waals surface area contributed by atoms with Crippen LogP contribution in [-0.4, -0.2) is 96.7 Å². The quantitative estimate of drug-likeness (QED) is 0.0169. The molecule has 3 unspecified atom stereocenters. The molecule has 0 aromatic carbocycles. The zero-order valence-electron chi connectivity index (χ0n) is 60.9. The number of ether oxygens (including phenoxy) is 4. The molecule has 0 fully saturated rings. The number of phosphoric ester groups is 2. The van der Waals surface area contributed by atoms with E-state index in [1.54, 1.807) is 0 Å². The smallest absolute Gasteiger partial charge is 0.462 e. The summed E-state index contributed by atoms with van der Waals surface area (Å²) in [5, 5.41) is 10.6. The predicted molar refractivity (Wildman–Crippen MR) is 381 cm³/mol. The second kappa shape index (κ2) is 65.2. The summed E-state index contributed by atoms with van der Waals surface area (Å²) in [7, 11) is -9.92. The Hall–Kier alpha value is -2.46. The summed E-state index contributed by atoms with van der Waals surface area (Å²) in [6.45, 7) is 11.8. The van der Waals surface area contributed by atoms with E-state index >= 15 is 0 Å². The van der Waals surface area contributed by atoms with Gasteiger partial charge in [-0.1, -0.05) is 304 Å². The minimum atomic E-state index is -4.97. The van der Waals surface area contributed by atoms with Crippen molar-refractivity contribution in [2.45, 2.75) is 375 Å². The van der Waals surface area contributed by atoms with Gasteiger partial charge >= 0.3 is 39.5 Å². The standard InChI is InChI=1S/C75H142O17P2/c1-8-10-11-12-13-14-15-16-17-20-24-30-35-44-51-58-74(79)91-70(62-85-72(77)56-49-42-34-29-23-21-18-19-22-27-32-39-46-53-66(3)4)64-89-93(81,82)87-60-69(76)61-88-94(83,84)90-65-71(63-86-73(78)57-50-43-38-37-41-48-55-68(7)9-2)92-75(80)59-52-45-36-31-26-25-28-33-40-47-54-67(5)6/h14-17,66-71,76H,8-13,18-65H2,1-7H3,(H,81,82)(H,83,84)/b15-14-,17-16-/t68?,69-,70-,71-/m1/s1. The van der Waals surface area contributed by atoms with Crippen molar-refractivity contribution in [3.63, 3.8) is 0 Å². The highest BCUT2D eigenvalue weighted by molar-refractivity contribution is 7.47. The molecule has 0 aliphatic heterocycles. The Balaban J connectivity index is 5.29. The van der Waals surface area contributed by atoms with Gasteiger partial charge in [-0.3, -0.25) is 37.3 Å². The van der Waals surface area contributed by atoms with Crippen molar-refractivity contribution in [2.75, 3.05) is 39.6 Å². The van der Waals surface area contributed by atoms with Gasteiger partial charge in [0.15, 0.2) is 12.2 Å². The van der Waals surface area contributed by atoms with Crippen LogP contribution in [0, 0.1) is 17.8 Å². The number of unbranched alkanes of at least 4 members (excludes halogenated alkanes) is 35. The fourth-order valence-electron chi connectivity index (χ4n) is 10.9. The van der Waals surface area contributed by atoms with Gasteiger partial charge in [-0.25, -0.2) is 9.13 Å². The molecule has 94 heavy (non-hydrogen) atoms. The summed E-state index contributed by atoms with van der Waals surface area (Å²) < 4.78 is 68.4. The Morgan fingerprint density at radius 1 is 0.351 bits per heavy atom. The molecule has 0 bridgehead atoms. The largest absolute Gasteiger partial charge is 0.472 e. The van der Waals surface area contributed by atoms with Crippen LogP contribution >= 0.6 is 15.6 Å². The normalized spacial score (nSPS) is 14.6. The van der Waals surface area contributed by atoms with E-state index in [0.29, 0.717) is 25.7 Å². The molecule has 0 saturated carbocycles. The van der Waals surface area contributed by atoms with E-state index in [9.17, 15) is 43.2 Å². The van der Waals surface area contributed by atoms with Gasteiger partial charge in [-0.15, -0.1) is 0 Å². The molecule has 554 valence electrons. The van der Waals surface area contributed by atoms with Crippen molar-refractivity contribution in [3.8, 4) is 0 Å². The summed E-state index contributed by atoms with van der Waals surface area (Å²) in [5.41, 5.74) is 0. The SMILES string of the molecule is CCCCCC/C=C\C=C/CCCCCCCC(=O)O[C@H](COC(=O)CCCCCCCCCCCCCCCC(C)C)COP(=O)(O)OC[C@@H](O)COP(=O)(O)OC[C@@H](COC(=O)CCCCCCCCC(C)CC)OC(=O)CCCCCCCCCCCCC(C)C. The summed E-state index contributed by atoms with van der Waals surface area (Å²) >= 11 is 0. The second-order valence-corrected chi connectivity index (χ2v) is 30.5. The van der Waals surface area contributed by atoms with E-state index in [0.717, 1.165) is 127 Å². The first-order valence-corrected chi connectivity index (χ1v) is 41.2. The minimum absolute atomic E-state index is 0.0847. The lowest BCUT2D eigenvalue weighted by Gasteiger charge is -2.21. The van der Waals surface area contributed by atoms with Gasteiger partial charge in [0, 0.05) is 25.7 Å². The maximum atomic E-state index is 13.1. The summed E-state index contributed by atoms with van der Waals surface area (Å²) in [6.07, 6.45) is 53.5. The number of rotatable bonds is 71. The molecular weight excluding hydrogens is 1230 g/mol. The summed E-state index contributed by atoms with van der Waals surface area (Å²) in [5.74, 6) is 0.118. The van der Waals surface area contributed by atoms with E-state index < -0.39 is 97.5 Å². The maximum Gasteiger partial charge on any atom is 0.472 e. The fraction of sp³-hybridized carbons (Fsp3) is 0.893.